The second-order valence-corrected chi connectivity index (χ2v) is 5.63. The zero-order valence-corrected chi connectivity index (χ0v) is 11.2. The summed E-state index contributed by atoms with van der Waals surface area (Å²) in [4.78, 5) is 24.0. The molecule has 5 heteroatoms. The van der Waals surface area contributed by atoms with Crippen LogP contribution in [-0.4, -0.2) is 68.5 Å². The summed E-state index contributed by atoms with van der Waals surface area (Å²) in [5.74, 6) is -0.0759. The highest BCUT2D eigenvalue weighted by molar-refractivity contribution is 5.87. The average molecular weight is 230 g/mol. The summed E-state index contributed by atoms with van der Waals surface area (Å²) in [5.41, 5.74) is -0.832. The predicted molar refractivity (Wildman–Crippen MR) is 63.8 cm³/mol. The molecule has 0 heterocycles. The number of likely N-dealkylation sites (N-methyl/N-ethyl adjacent to an activating group) is 2. The zero-order valence-electron chi connectivity index (χ0n) is 11.2. The summed E-state index contributed by atoms with van der Waals surface area (Å²) in [6, 6.07) is 0. The van der Waals surface area contributed by atoms with Crippen LogP contribution in [0.15, 0.2) is 0 Å². The SMILES string of the molecule is CN(CC[N+](C)(C)C)C(=O)C(C)(C)NC=O. The molecule has 0 aliphatic rings. The van der Waals surface area contributed by atoms with Crippen LogP contribution >= 0.6 is 0 Å². The molecule has 16 heavy (non-hydrogen) atoms. The third-order valence-corrected chi connectivity index (χ3v) is 2.41. The largest absolute Gasteiger partial charge is 0.345 e. The van der Waals surface area contributed by atoms with Crippen molar-refractivity contribution in [3.63, 3.8) is 0 Å². The Bertz CT molecular complexity index is 256. The highest BCUT2D eigenvalue weighted by atomic mass is 16.2. The maximum atomic E-state index is 12.0. The first-order valence-electron chi connectivity index (χ1n) is 5.37. The summed E-state index contributed by atoms with van der Waals surface area (Å²) >= 11 is 0. The molecule has 0 rings (SSSR count). The summed E-state index contributed by atoms with van der Waals surface area (Å²) in [6.45, 7) is 4.95. The number of rotatable bonds is 6. The van der Waals surface area contributed by atoms with E-state index in [-0.39, 0.29) is 5.91 Å². The van der Waals surface area contributed by atoms with E-state index in [1.165, 1.54) is 0 Å². The molecule has 0 radical (unpaired) electrons. The Hall–Kier alpha value is -1.10. The lowest BCUT2D eigenvalue weighted by Crippen LogP contribution is -2.54. The highest BCUT2D eigenvalue weighted by Crippen LogP contribution is 2.06. The molecule has 0 spiro atoms. The van der Waals surface area contributed by atoms with E-state index in [1.807, 2.05) is 0 Å². The van der Waals surface area contributed by atoms with Crippen LogP contribution < -0.4 is 5.32 Å². The molecule has 94 valence electrons. The van der Waals surface area contributed by atoms with Gasteiger partial charge in [0.05, 0.1) is 34.2 Å². The summed E-state index contributed by atoms with van der Waals surface area (Å²) in [5, 5.41) is 2.52. The van der Waals surface area contributed by atoms with Crippen molar-refractivity contribution in [1.29, 1.82) is 0 Å². The van der Waals surface area contributed by atoms with Gasteiger partial charge in [-0.15, -0.1) is 0 Å². The van der Waals surface area contributed by atoms with E-state index in [0.717, 1.165) is 11.0 Å². The molecule has 5 nitrogen and oxygen atoms in total. The van der Waals surface area contributed by atoms with Gasteiger partial charge in [-0.1, -0.05) is 0 Å². The first kappa shape index (κ1) is 14.9. The van der Waals surface area contributed by atoms with E-state index in [0.29, 0.717) is 13.0 Å². The number of quaternary nitrogens is 1. The number of carbonyl (C=O) groups is 2. The number of hydrogen-bond acceptors (Lipinski definition) is 2. The third kappa shape index (κ3) is 5.11. The van der Waals surface area contributed by atoms with Gasteiger partial charge in [-0.2, -0.15) is 0 Å². The fraction of sp³-hybridized carbons (Fsp3) is 0.818. The lowest BCUT2D eigenvalue weighted by molar-refractivity contribution is -0.869. The van der Waals surface area contributed by atoms with Crippen molar-refractivity contribution in [3.05, 3.63) is 0 Å². The van der Waals surface area contributed by atoms with Crippen LogP contribution in [0.4, 0.5) is 0 Å². The monoisotopic (exact) mass is 230 g/mol. The maximum absolute atomic E-state index is 12.0. The standard InChI is InChI=1S/C11H23N3O2/c1-11(2,12-9-15)10(16)13(3)7-8-14(4,5)6/h9H,7-8H2,1-6H3/p+1. The molecule has 0 saturated heterocycles. The van der Waals surface area contributed by atoms with Crippen LogP contribution in [-0.2, 0) is 9.59 Å². The van der Waals surface area contributed by atoms with Gasteiger partial charge < -0.3 is 14.7 Å². The van der Waals surface area contributed by atoms with E-state index in [9.17, 15) is 9.59 Å². The lowest BCUT2D eigenvalue weighted by atomic mass is 10.0. The van der Waals surface area contributed by atoms with Crippen molar-refractivity contribution < 1.29 is 14.1 Å². The van der Waals surface area contributed by atoms with Crippen LogP contribution in [0.2, 0.25) is 0 Å². The molecule has 0 aliphatic heterocycles. The number of hydrogen-bond donors (Lipinski definition) is 1. The first-order valence-corrected chi connectivity index (χ1v) is 5.37. The van der Waals surface area contributed by atoms with E-state index in [4.69, 9.17) is 0 Å². The number of amides is 2. The Morgan fingerprint density at radius 2 is 1.88 bits per heavy atom. The molecular formula is C11H24N3O2+. The minimum atomic E-state index is -0.832. The molecule has 0 fully saturated rings. The Balaban J connectivity index is 4.33. The van der Waals surface area contributed by atoms with Gasteiger partial charge in [-0.05, 0) is 13.8 Å². The van der Waals surface area contributed by atoms with Gasteiger partial charge in [0.1, 0.15) is 5.54 Å². The summed E-state index contributed by atoms with van der Waals surface area (Å²) in [6.07, 6.45) is 0.561. The van der Waals surface area contributed by atoms with E-state index in [1.54, 1.807) is 25.8 Å². The number of carbonyl (C=O) groups excluding carboxylic acids is 2. The molecule has 0 unspecified atom stereocenters. The second kappa shape index (κ2) is 5.30. The molecule has 0 aliphatic carbocycles. The Kier molecular flexibility index (Phi) is 4.93. The predicted octanol–water partition coefficient (Wildman–Crippen LogP) is -0.324. The summed E-state index contributed by atoms with van der Waals surface area (Å²) < 4.78 is 0.805. The van der Waals surface area contributed by atoms with Crippen LogP contribution in [0.3, 0.4) is 0 Å². The van der Waals surface area contributed by atoms with Crippen molar-refractivity contribution in [1.82, 2.24) is 10.2 Å². The van der Waals surface area contributed by atoms with Gasteiger partial charge >= 0.3 is 0 Å². The molecule has 0 aromatic heterocycles. The Morgan fingerprint density at radius 3 is 2.25 bits per heavy atom. The minimum Gasteiger partial charge on any atom is -0.345 e. The molecule has 2 amide bonds. The first-order chi connectivity index (χ1) is 7.10. The lowest BCUT2D eigenvalue weighted by Gasteiger charge is -2.31. The van der Waals surface area contributed by atoms with Crippen molar-refractivity contribution in [2.45, 2.75) is 19.4 Å². The normalized spacial score (nSPS) is 12.1. The van der Waals surface area contributed by atoms with Crippen LogP contribution in [0.5, 0.6) is 0 Å². The zero-order chi connectivity index (χ0) is 13.0. The topological polar surface area (TPSA) is 49.4 Å². The average Bonchev–Trinajstić information content (AvgIpc) is 2.11. The van der Waals surface area contributed by atoms with Crippen LogP contribution in [0.25, 0.3) is 0 Å². The smallest absolute Gasteiger partial charge is 0.247 e. The Morgan fingerprint density at radius 1 is 1.38 bits per heavy atom. The van der Waals surface area contributed by atoms with Gasteiger partial charge in [0.15, 0.2) is 0 Å². The molecule has 0 aromatic rings. The Labute approximate surface area is 98.0 Å². The van der Waals surface area contributed by atoms with Gasteiger partial charge in [0, 0.05) is 7.05 Å². The van der Waals surface area contributed by atoms with Crippen molar-refractivity contribution >= 4 is 12.3 Å². The number of nitrogens with zero attached hydrogens (tertiary/aromatic N) is 2. The third-order valence-electron chi connectivity index (χ3n) is 2.41. The molecule has 0 bridgehead atoms. The molecule has 0 atom stereocenters. The molecule has 0 saturated carbocycles. The van der Waals surface area contributed by atoms with Crippen molar-refractivity contribution in [2.24, 2.45) is 0 Å². The molecule has 1 N–H and O–H groups in total. The van der Waals surface area contributed by atoms with E-state index < -0.39 is 5.54 Å². The van der Waals surface area contributed by atoms with Crippen molar-refractivity contribution in [2.75, 3.05) is 41.3 Å². The van der Waals surface area contributed by atoms with Crippen LogP contribution in [0, 0.1) is 0 Å². The highest BCUT2D eigenvalue weighted by Gasteiger charge is 2.30. The second-order valence-electron chi connectivity index (χ2n) is 5.63. The van der Waals surface area contributed by atoms with Gasteiger partial charge in [0.2, 0.25) is 12.3 Å². The van der Waals surface area contributed by atoms with Gasteiger partial charge in [-0.3, -0.25) is 9.59 Å². The van der Waals surface area contributed by atoms with Crippen LogP contribution in [0.1, 0.15) is 13.8 Å². The van der Waals surface area contributed by atoms with Crippen molar-refractivity contribution in [3.8, 4) is 0 Å². The summed E-state index contributed by atoms with van der Waals surface area (Å²) in [7, 11) is 7.99. The fourth-order valence-electron chi connectivity index (χ4n) is 1.24. The minimum absolute atomic E-state index is 0.0759. The number of nitrogens with one attached hydrogen (secondary N) is 1. The molecular weight excluding hydrogens is 206 g/mol. The van der Waals surface area contributed by atoms with Gasteiger partial charge in [0.25, 0.3) is 0 Å². The quantitative estimate of drug-likeness (QED) is 0.502. The van der Waals surface area contributed by atoms with E-state index in [2.05, 4.69) is 26.5 Å². The fourth-order valence-corrected chi connectivity index (χ4v) is 1.24. The molecule has 0 aromatic carbocycles. The van der Waals surface area contributed by atoms with E-state index >= 15 is 0 Å². The van der Waals surface area contributed by atoms with Gasteiger partial charge in [-0.25, -0.2) is 0 Å². The maximum Gasteiger partial charge on any atom is 0.247 e.